The first-order valence-electron chi connectivity index (χ1n) is 9.87. The summed E-state index contributed by atoms with van der Waals surface area (Å²) >= 11 is -0.864. The Bertz CT molecular complexity index is 1150. The molecule has 0 aliphatic rings. The van der Waals surface area contributed by atoms with E-state index in [9.17, 15) is 19.6 Å². The number of aromatic amines is 1. The van der Waals surface area contributed by atoms with E-state index in [1.807, 2.05) is 36.7 Å². The van der Waals surface area contributed by atoms with Gasteiger partial charge in [-0.2, -0.15) is 0 Å². The molecule has 0 radical (unpaired) electrons. The van der Waals surface area contributed by atoms with Crippen molar-refractivity contribution >= 4 is 47.4 Å². The van der Waals surface area contributed by atoms with Crippen molar-refractivity contribution in [1.82, 2.24) is 15.2 Å². The van der Waals surface area contributed by atoms with Crippen LogP contribution in [0.1, 0.15) is 29.8 Å². The van der Waals surface area contributed by atoms with Gasteiger partial charge in [0.2, 0.25) is 0 Å². The SMILES string of the molecule is CCN(C#N)C(=O)C(Cc1c[nH]c2ccccc12)NC(=O)c1ccc([AsH]C(C)=O)cc1. The van der Waals surface area contributed by atoms with Crippen LogP contribution in [0.3, 0.4) is 0 Å². The Labute approximate surface area is 187 Å². The maximum absolute atomic E-state index is 13.0. The molecule has 3 rings (SSSR count). The number of H-pyrrole nitrogens is 1. The van der Waals surface area contributed by atoms with Crippen LogP contribution >= 0.6 is 0 Å². The van der Waals surface area contributed by atoms with Gasteiger partial charge >= 0.3 is 181 Å². The zero-order valence-electron chi connectivity index (χ0n) is 17.3. The Kier molecular flexibility index (Phi) is 7.27. The molecular formula is C23H23AsN4O3. The van der Waals surface area contributed by atoms with Gasteiger partial charge < -0.3 is 0 Å². The molecule has 158 valence electrons. The standard InChI is InChI=1S/C23H23AsN4O3/c1-3-28(14-25)23(31)21(12-17-13-26-20-7-5-4-6-19(17)20)27-22(30)16-8-10-18(11-9-16)24-15(2)29/h4-11,13,21,24,26H,3,12H2,1-2H3,(H,27,30). The minimum atomic E-state index is -0.892. The number of benzene rings is 2. The summed E-state index contributed by atoms with van der Waals surface area (Å²) in [7, 11) is 0. The van der Waals surface area contributed by atoms with E-state index in [1.54, 1.807) is 38.1 Å². The van der Waals surface area contributed by atoms with Gasteiger partial charge in [-0.15, -0.1) is 0 Å². The van der Waals surface area contributed by atoms with Crippen LogP contribution in [0.2, 0.25) is 0 Å². The number of amides is 2. The zero-order valence-corrected chi connectivity index (χ0v) is 19.4. The number of nitriles is 1. The van der Waals surface area contributed by atoms with Gasteiger partial charge in [-0.05, 0) is 0 Å². The van der Waals surface area contributed by atoms with Gasteiger partial charge in [0.15, 0.2) is 0 Å². The van der Waals surface area contributed by atoms with Crippen molar-refractivity contribution in [3.63, 3.8) is 0 Å². The average molecular weight is 478 g/mol. The number of carbonyl (C=O) groups is 3. The van der Waals surface area contributed by atoms with Gasteiger partial charge in [0.1, 0.15) is 0 Å². The molecule has 0 saturated heterocycles. The van der Waals surface area contributed by atoms with Crippen LogP contribution < -0.4 is 9.67 Å². The molecule has 0 bridgehead atoms. The van der Waals surface area contributed by atoms with E-state index in [4.69, 9.17) is 0 Å². The topological polar surface area (TPSA) is 106 Å². The molecule has 0 fully saturated rings. The van der Waals surface area contributed by atoms with Crippen molar-refractivity contribution in [1.29, 1.82) is 5.26 Å². The quantitative estimate of drug-likeness (QED) is 0.290. The maximum atomic E-state index is 13.0. The molecule has 2 aromatic carbocycles. The van der Waals surface area contributed by atoms with Crippen LogP contribution in [-0.2, 0) is 16.0 Å². The molecule has 0 spiro atoms. The molecule has 2 atom stereocenters. The van der Waals surface area contributed by atoms with Crippen LogP contribution in [0.25, 0.3) is 10.9 Å². The van der Waals surface area contributed by atoms with Crippen LogP contribution in [0.5, 0.6) is 0 Å². The van der Waals surface area contributed by atoms with E-state index in [1.165, 1.54) is 0 Å². The third kappa shape index (κ3) is 5.42. The number of likely N-dealkylation sites (N-methyl/N-ethyl adjacent to an activating group) is 1. The van der Waals surface area contributed by atoms with E-state index in [0.717, 1.165) is 25.7 Å². The van der Waals surface area contributed by atoms with Crippen LogP contribution in [0.4, 0.5) is 0 Å². The number of nitrogens with zero attached hydrogens (tertiary/aromatic N) is 2. The summed E-state index contributed by atoms with van der Waals surface area (Å²) < 4.78 is 1.11. The van der Waals surface area contributed by atoms with E-state index in [0.29, 0.717) is 5.56 Å². The van der Waals surface area contributed by atoms with Gasteiger partial charge in [0.05, 0.1) is 0 Å². The van der Waals surface area contributed by atoms with Crippen molar-refractivity contribution in [2.75, 3.05) is 6.54 Å². The summed E-state index contributed by atoms with van der Waals surface area (Å²) in [5.41, 5.74) is 2.22. The number of nitrogens with one attached hydrogen (secondary N) is 2. The average Bonchev–Trinajstić information content (AvgIpc) is 3.17. The van der Waals surface area contributed by atoms with Gasteiger partial charge in [-0.3, -0.25) is 0 Å². The van der Waals surface area contributed by atoms with E-state index >= 15 is 0 Å². The number of carbonyl (C=O) groups excluding carboxylic acids is 3. The molecule has 7 nitrogen and oxygen atoms in total. The Morgan fingerprint density at radius 1 is 1.16 bits per heavy atom. The summed E-state index contributed by atoms with van der Waals surface area (Å²) in [4.78, 5) is 41.3. The number of fused-ring (bicyclic) bond motifs is 1. The molecule has 0 aliphatic carbocycles. The van der Waals surface area contributed by atoms with Gasteiger partial charge in [0.25, 0.3) is 0 Å². The number of rotatable bonds is 8. The predicted molar refractivity (Wildman–Crippen MR) is 120 cm³/mol. The van der Waals surface area contributed by atoms with Crippen LogP contribution in [0, 0.1) is 11.5 Å². The van der Waals surface area contributed by atoms with Crippen LogP contribution in [0.15, 0.2) is 54.7 Å². The molecule has 8 heteroatoms. The Balaban J connectivity index is 1.84. The van der Waals surface area contributed by atoms with Gasteiger partial charge in [0, 0.05) is 0 Å². The second-order valence-electron chi connectivity index (χ2n) is 7.03. The molecule has 31 heavy (non-hydrogen) atoms. The van der Waals surface area contributed by atoms with Crippen LogP contribution in [-0.4, -0.2) is 54.6 Å². The molecular weight excluding hydrogens is 455 g/mol. The second kappa shape index (κ2) is 10.1. The van der Waals surface area contributed by atoms with Crippen molar-refractivity contribution in [3.05, 3.63) is 65.9 Å². The molecule has 1 aromatic heterocycles. The minimum absolute atomic E-state index is 0.165. The Morgan fingerprint density at radius 2 is 1.87 bits per heavy atom. The molecule has 1 heterocycles. The molecule has 3 aromatic rings. The number of hydrogen-bond acceptors (Lipinski definition) is 4. The fraction of sp³-hybridized carbons (Fsp3) is 0.217. The van der Waals surface area contributed by atoms with Gasteiger partial charge in [-0.25, -0.2) is 0 Å². The fourth-order valence-corrected chi connectivity index (χ4v) is 4.89. The Hall–Kier alpha value is -3.36. The molecule has 0 saturated carbocycles. The van der Waals surface area contributed by atoms with Crippen molar-refractivity contribution in [3.8, 4) is 6.19 Å². The predicted octanol–water partition coefficient (Wildman–Crippen LogP) is 1.45. The summed E-state index contributed by atoms with van der Waals surface area (Å²) in [5.74, 6) is -0.856. The van der Waals surface area contributed by atoms with E-state index < -0.39 is 33.6 Å². The monoisotopic (exact) mass is 478 g/mol. The summed E-state index contributed by atoms with van der Waals surface area (Å²) in [6.45, 7) is 3.50. The van der Waals surface area contributed by atoms with Gasteiger partial charge in [-0.1, -0.05) is 6.07 Å². The number of para-hydroxylation sites is 1. The molecule has 0 aliphatic heterocycles. The first-order valence-corrected chi connectivity index (χ1v) is 12.0. The molecule has 2 N–H and O–H groups in total. The summed E-state index contributed by atoms with van der Waals surface area (Å²) in [6.07, 6.45) is 3.96. The van der Waals surface area contributed by atoms with E-state index in [-0.39, 0.29) is 17.5 Å². The summed E-state index contributed by atoms with van der Waals surface area (Å²) in [6, 6.07) is 13.7. The second-order valence-corrected chi connectivity index (χ2v) is 10.2. The third-order valence-electron chi connectivity index (χ3n) is 4.87. The molecule has 2 unspecified atom stereocenters. The Morgan fingerprint density at radius 3 is 2.52 bits per heavy atom. The summed E-state index contributed by atoms with van der Waals surface area (Å²) in [5, 5.41) is 13.1. The normalized spacial score (nSPS) is 11.9. The van der Waals surface area contributed by atoms with Crippen molar-refractivity contribution in [2.45, 2.75) is 26.3 Å². The number of hydrogen-bond donors (Lipinski definition) is 2. The van der Waals surface area contributed by atoms with Crippen molar-refractivity contribution in [2.24, 2.45) is 0 Å². The fourth-order valence-electron chi connectivity index (χ4n) is 3.33. The first kappa shape index (κ1) is 22.3. The third-order valence-corrected chi connectivity index (χ3v) is 6.92. The van der Waals surface area contributed by atoms with Crippen molar-refractivity contribution < 1.29 is 14.4 Å². The van der Waals surface area contributed by atoms with E-state index in [2.05, 4.69) is 10.3 Å². The molecule has 2 amide bonds. The zero-order chi connectivity index (χ0) is 22.4. The first-order chi connectivity index (χ1) is 14.9. The number of aromatic nitrogens is 1.